The Labute approximate surface area is 166 Å². The summed E-state index contributed by atoms with van der Waals surface area (Å²) in [5, 5.41) is 3.18. The summed E-state index contributed by atoms with van der Waals surface area (Å²) in [4.78, 5) is 30.4. The van der Waals surface area contributed by atoms with Gasteiger partial charge in [-0.25, -0.2) is 0 Å². The van der Waals surface area contributed by atoms with E-state index in [9.17, 15) is 9.59 Å². The molecule has 2 aliphatic heterocycles. The largest absolute Gasteiger partial charge is 0.467 e. The highest BCUT2D eigenvalue weighted by atomic mass is 16.5. The Morgan fingerprint density at radius 3 is 2.71 bits per heavy atom. The highest BCUT2D eigenvalue weighted by Gasteiger charge is 2.57. The third kappa shape index (κ3) is 2.81. The smallest absolute Gasteiger partial charge is 0.258 e. The summed E-state index contributed by atoms with van der Waals surface area (Å²) in [6.07, 6.45) is 3.63. The van der Waals surface area contributed by atoms with Gasteiger partial charge in [0.15, 0.2) is 5.72 Å². The lowest BCUT2D eigenvalue weighted by atomic mass is 9.59. The van der Waals surface area contributed by atoms with Crippen LogP contribution in [0.1, 0.15) is 43.0 Å². The Balaban J connectivity index is 1.32. The van der Waals surface area contributed by atoms with Gasteiger partial charge in [0, 0.05) is 44.4 Å². The quantitative estimate of drug-likeness (QED) is 0.850. The SMILES string of the molecule is CCN1CCN(C(=O)[C@@H]2C[C@H]3CC[C@@H]2C[C@@]32NC(=O)c3ccccc3O2)CC1. The maximum atomic E-state index is 13.3. The van der Waals surface area contributed by atoms with Gasteiger partial charge in [0.05, 0.1) is 5.56 Å². The van der Waals surface area contributed by atoms with E-state index in [1.807, 2.05) is 18.2 Å². The molecule has 5 aliphatic rings. The van der Waals surface area contributed by atoms with Crippen molar-refractivity contribution in [3.8, 4) is 5.75 Å². The average molecular weight is 383 g/mol. The summed E-state index contributed by atoms with van der Waals surface area (Å²) in [6, 6.07) is 7.46. The fourth-order valence-electron chi connectivity index (χ4n) is 5.78. The summed E-state index contributed by atoms with van der Waals surface area (Å²) >= 11 is 0. The number of carbonyl (C=O) groups is 2. The fraction of sp³-hybridized carbons (Fsp3) is 0.636. The number of hydrogen-bond donors (Lipinski definition) is 1. The fourth-order valence-corrected chi connectivity index (χ4v) is 5.78. The van der Waals surface area contributed by atoms with Gasteiger partial charge in [-0.3, -0.25) is 9.59 Å². The van der Waals surface area contributed by atoms with Gasteiger partial charge in [-0.15, -0.1) is 0 Å². The van der Waals surface area contributed by atoms with Gasteiger partial charge >= 0.3 is 0 Å². The van der Waals surface area contributed by atoms with Crippen molar-refractivity contribution >= 4 is 11.8 Å². The van der Waals surface area contributed by atoms with Gasteiger partial charge in [0.25, 0.3) is 5.91 Å². The van der Waals surface area contributed by atoms with Crippen molar-refractivity contribution in [1.29, 1.82) is 0 Å². The van der Waals surface area contributed by atoms with Crippen molar-refractivity contribution in [2.75, 3.05) is 32.7 Å². The maximum Gasteiger partial charge on any atom is 0.258 e. The zero-order valence-electron chi connectivity index (χ0n) is 16.5. The van der Waals surface area contributed by atoms with Gasteiger partial charge in [-0.2, -0.15) is 0 Å². The van der Waals surface area contributed by atoms with Crippen LogP contribution in [0.2, 0.25) is 0 Å². The molecule has 4 atom stereocenters. The predicted molar refractivity (Wildman–Crippen MR) is 105 cm³/mol. The van der Waals surface area contributed by atoms with Crippen molar-refractivity contribution in [3.63, 3.8) is 0 Å². The number of piperazine rings is 1. The van der Waals surface area contributed by atoms with E-state index in [4.69, 9.17) is 4.74 Å². The first-order chi connectivity index (χ1) is 13.6. The third-order valence-electron chi connectivity index (χ3n) is 7.42. The first-order valence-corrected chi connectivity index (χ1v) is 10.7. The van der Waals surface area contributed by atoms with E-state index >= 15 is 0 Å². The van der Waals surface area contributed by atoms with E-state index in [1.54, 1.807) is 6.07 Å². The molecule has 3 aliphatic carbocycles. The van der Waals surface area contributed by atoms with Gasteiger partial charge in [0.1, 0.15) is 5.75 Å². The van der Waals surface area contributed by atoms with Crippen LogP contribution < -0.4 is 10.1 Å². The number of carbonyl (C=O) groups excluding carboxylic acids is 2. The lowest BCUT2D eigenvalue weighted by molar-refractivity contribution is -0.156. The van der Waals surface area contributed by atoms with Crippen LogP contribution in [0.5, 0.6) is 5.75 Å². The standard InChI is InChI=1S/C22H29N3O3/c1-2-24-9-11-25(12-10-24)21(27)18-13-16-8-7-15(18)14-22(16)23-20(26)17-5-3-4-6-19(17)28-22/h3-6,15-16,18H,2,7-14H2,1H3,(H,23,26)/t15-,16-,18-,22+/m1/s1. The van der Waals surface area contributed by atoms with Crippen molar-refractivity contribution in [2.24, 2.45) is 17.8 Å². The second kappa shape index (κ2) is 6.76. The predicted octanol–water partition coefficient (Wildman–Crippen LogP) is 2.11. The first-order valence-electron chi connectivity index (χ1n) is 10.7. The third-order valence-corrected chi connectivity index (χ3v) is 7.42. The maximum absolute atomic E-state index is 13.3. The van der Waals surface area contributed by atoms with Crippen LogP contribution in [-0.4, -0.2) is 60.1 Å². The summed E-state index contributed by atoms with van der Waals surface area (Å²) in [5.74, 6) is 1.51. The highest BCUT2D eigenvalue weighted by Crippen LogP contribution is 2.52. The Bertz CT molecular complexity index is 789. The van der Waals surface area contributed by atoms with Crippen molar-refractivity contribution in [3.05, 3.63) is 29.8 Å². The molecule has 3 saturated carbocycles. The number of rotatable bonds is 2. The number of fused-ring (bicyclic) bond motifs is 3. The van der Waals surface area contributed by atoms with Crippen LogP contribution in [0.15, 0.2) is 24.3 Å². The molecule has 1 spiro atoms. The summed E-state index contributed by atoms with van der Waals surface area (Å²) < 4.78 is 6.40. The minimum Gasteiger partial charge on any atom is -0.467 e. The van der Waals surface area contributed by atoms with Crippen molar-refractivity contribution in [2.45, 2.75) is 38.3 Å². The van der Waals surface area contributed by atoms with Crippen LogP contribution in [0.3, 0.4) is 0 Å². The number of likely N-dealkylation sites (N-methyl/N-ethyl adjacent to an activating group) is 1. The molecule has 6 heteroatoms. The number of amides is 2. The first kappa shape index (κ1) is 18.0. The lowest BCUT2D eigenvalue weighted by Gasteiger charge is -2.55. The Hall–Kier alpha value is -2.08. The molecule has 150 valence electrons. The molecule has 0 radical (unpaired) electrons. The second-order valence-electron chi connectivity index (χ2n) is 8.78. The van der Waals surface area contributed by atoms with Gasteiger partial charge in [-0.05, 0) is 43.9 Å². The number of nitrogens with zero attached hydrogens (tertiary/aromatic N) is 2. The zero-order chi connectivity index (χ0) is 19.3. The van der Waals surface area contributed by atoms with E-state index < -0.39 is 5.72 Å². The highest BCUT2D eigenvalue weighted by molar-refractivity contribution is 5.98. The number of ether oxygens (including phenoxy) is 1. The molecule has 1 aromatic rings. The average Bonchev–Trinajstić information content (AvgIpc) is 2.73. The molecular formula is C22H29N3O3. The normalized spacial score (nSPS) is 34.7. The lowest BCUT2D eigenvalue weighted by Crippen LogP contribution is -2.67. The van der Waals surface area contributed by atoms with Crippen molar-refractivity contribution in [1.82, 2.24) is 15.1 Å². The molecule has 1 saturated heterocycles. The van der Waals surface area contributed by atoms with E-state index in [2.05, 4.69) is 22.0 Å². The number of para-hydroxylation sites is 1. The molecule has 1 N–H and O–H groups in total. The van der Waals surface area contributed by atoms with Crippen LogP contribution >= 0.6 is 0 Å². The molecule has 2 heterocycles. The molecule has 0 aromatic heterocycles. The van der Waals surface area contributed by atoms with E-state index in [0.29, 0.717) is 17.2 Å². The molecular weight excluding hydrogens is 354 g/mol. The number of nitrogens with one attached hydrogen (secondary N) is 1. The minimum absolute atomic E-state index is 0.0482. The molecule has 2 bridgehead atoms. The molecule has 2 amide bonds. The van der Waals surface area contributed by atoms with Crippen molar-refractivity contribution < 1.29 is 14.3 Å². The molecule has 1 aromatic carbocycles. The molecule has 0 unspecified atom stereocenters. The van der Waals surface area contributed by atoms with E-state index in [1.165, 1.54) is 0 Å². The topological polar surface area (TPSA) is 61.9 Å². The van der Waals surface area contributed by atoms with Crippen LogP contribution in [0.25, 0.3) is 0 Å². The zero-order valence-corrected chi connectivity index (χ0v) is 16.5. The Morgan fingerprint density at radius 2 is 2.00 bits per heavy atom. The van der Waals surface area contributed by atoms with Crippen LogP contribution in [0.4, 0.5) is 0 Å². The summed E-state index contributed by atoms with van der Waals surface area (Å²) in [7, 11) is 0. The molecule has 28 heavy (non-hydrogen) atoms. The minimum atomic E-state index is -0.633. The Morgan fingerprint density at radius 1 is 1.21 bits per heavy atom. The van der Waals surface area contributed by atoms with Crippen LogP contribution in [-0.2, 0) is 4.79 Å². The molecule has 4 fully saturated rings. The molecule has 6 rings (SSSR count). The van der Waals surface area contributed by atoms with Gasteiger partial charge in [-0.1, -0.05) is 19.1 Å². The van der Waals surface area contributed by atoms with Gasteiger partial charge in [0.2, 0.25) is 5.91 Å². The second-order valence-corrected chi connectivity index (χ2v) is 8.78. The van der Waals surface area contributed by atoms with E-state index in [-0.39, 0.29) is 23.7 Å². The van der Waals surface area contributed by atoms with E-state index in [0.717, 1.165) is 58.4 Å². The van der Waals surface area contributed by atoms with Crippen LogP contribution in [0, 0.1) is 17.8 Å². The molecule has 6 nitrogen and oxygen atoms in total. The number of benzene rings is 1. The monoisotopic (exact) mass is 383 g/mol. The van der Waals surface area contributed by atoms with Gasteiger partial charge < -0.3 is 19.9 Å². The summed E-state index contributed by atoms with van der Waals surface area (Å²) in [6.45, 7) is 6.86. The summed E-state index contributed by atoms with van der Waals surface area (Å²) in [5.41, 5.74) is -0.0255. The Kier molecular flexibility index (Phi) is 4.34. The number of hydrogen-bond acceptors (Lipinski definition) is 4.